The molecular weight excluding hydrogens is 255 g/mol. The van der Waals surface area contributed by atoms with Crippen LogP contribution >= 0.6 is 0 Å². The zero-order valence-electron chi connectivity index (χ0n) is 12.9. The van der Waals surface area contributed by atoms with E-state index in [2.05, 4.69) is 42.3 Å². The van der Waals surface area contributed by atoms with Gasteiger partial charge in [-0.3, -0.25) is 0 Å². The standard InChI is InChI=1S/C15H25FN4/c1-8(2)20-13-7-12(6-9(3)14(13)19-20)15(10(4)16)18-11(5)17/h6,8-9,13-14,19H,7H2,1-5H3,(H2,17,18)/b15-10+. The first-order valence-corrected chi connectivity index (χ1v) is 7.24. The van der Waals surface area contributed by atoms with Gasteiger partial charge < -0.3 is 5.73 Å². The molecule has 112 valence electrons. The molecule has 0 bridgehead atoms. The van der Waals surface area contributed by atoms with Crippen molar-refractivity contribution < 1.29 is 4.39 Å². The predicted octanol–water partition coefficient (Wildman–Crippen LogP) is 2.50. The number of nitrogens with one attached hydrogen (secondary N) is 1. The Kier molecular flexibility index (Phi) is 4.30. The van der Waals surface area contributed by atoms with Crippen LogP contribution in [0.4, 0.5) is 4.39 Å². The number of hydrazine groups is 1. The summed E-state index contributed by atoms with van der Waals surface area (Å²) in [5.74, 6) is 0.483. The number of fused-ring (bicyclic) bond motifs is 1. The van der Waals surface area contributed by atoms with E-state index in [0.29, 0.717) is 35.6 Å². The molecule has 1 heterocycles. The lowest BCUT2D eigenvalue weighted by molar-refractivity contribution is -0.0743. The van der Waals surface area contributed by atoms with E-state index in [-0.39, 0.29) is 5.83 Å². The van der Waals surface area contributed by atoms with Crippen LogP contribution in [0, 0.1) is 5.92 Å². The van der Waals surface area contributed by atoms with Crippen molar-refractivity contribution in [3.63, 3.8) is 0 Å². The van der Waals surface area contributed by atoms with Crippen molar-refractivity contribution in [1.29, 1.82) is 0 Å². The summed E-state index contributed by atoms with van der Waals surface area (Å²) in [7, 11) is 0. The predicted molar refractivity (Wildman–Crippen MR) is 80.7 cm³/mol. The van der Waals surface area contributed by atoms with Crippen LogP contribution in [-0.2, 0) is 0 Å². The Balaban J connectivity index is 2.27. The summed E-state index contributed by atoms with van der Waals surface area (Å²) in [5.41, 5.74) is 10.5. The Bertz CT molecular complexity index is 470. The van der Waals surface area contributed by atoms with Gasteiger partial charge in [0.1, 0.15) is 5.83 Å². The van der Waals surface area contributed by atoms with Gasteiger partial charge in [-0.15, -0.1) is 0 Å². The van der Waals surface area contributed by atoms with Crippen molar-refractivity contribution in [3.8, 4) is 0 Å². The molecule has 5 heteroatoms. The van der Waals surface area contributed by atoms with Crippen molar-refractivity contribution in [2.24, 2.45) is 16.6 Å². The van der Waals surface area contributed by atoms with Gasteiger partial charge in [0.25, 0.3) is 0 Å². The first-order valence-electron chi connectivity index (χ1n) is 7.24. The summed E-state index contributed by atoms with van der Waals surface area (Å²) in [6, 6.07) is 1.29. The third-order valence-corrected chi connectivity index (χ3v) is 4.00. The molecule has 1 fully saturated rings. The maximum atomic E-state index is 13.8. The van der Waals surface area contributed by atoms with Gasteiger partial charge in [-0.1, -0.05) is 13.0 Å². The van der Waals surface area contributed by atoms with Crippen molar-refractivity contribution in [2.75, 3.05) is 0 Å². The summed E-state index contributed by atoms with van der Waals surface area (Å²) in [6.45, 7) is 9.60. The number of hydrogen-bond acceptors (Lipinski definition) is 3. The van der Waals surface area contributed by atoms with Gasteiger partial charge in [-0.2, -0.15) is 0 Å². The van der Waals surface area contributed by atoms with E-state index in [9.17, 15) is 4.39 Å². The van der Waals surface area contributed by atoms with Crippen molar-refractivity contribution in [3.05, 3.63) is 23.2 Å². The fraction of sp³-hybridized carbons (Fsp3) is 0.667. The Morgan fingerprint density at radius 1 is 1.50 bits per heavy atom. The molecule has 4 nitrogen and oxygen atoms in total. The Morgan fingerprint density at radius 2 is 2.15 bits per heavy atom. The van der Waals surface area contributed by atoms with Gasteiger partial charge in [0.05, 0.1) is 11.5 Å². The number of nitrogens with two attached hydrogens (primary N) is 1. The summed E-state index contributed by atoms with van der Waals surface area (Å²) in [4.78, 5) is 4.18. The van der Waals surface area contributed by atoms with Gasteiger partial charge >= 0.3 is 0 Å². The van der Waals surface area contributed by atoms with Crippen LogP contribution in [0.5, 0.6) is 0 Å². The average molecular weight is 280 g/mol. The van der Waals surface area contributed by atoms with E-state index < -0.39 is 0 Å². The van der Waals surface area contributed by atoms with Crippen LogP contribution in [-0.4, -0.2) is 29.0 Å². The van der Waals surface area contributed by atoms with E-state index in [1.54, 1.807) is 6.92 Å². The van der Waals surface area contributed by atoms with Crippen LogP contribution in [0.1, 0.15) is 41.0 Å². The van der Waals surface area contributed by atoms with E-state index in [1.165, 1.54) is 6.92 Å². The maximum Gasteiger partial charge on any atom is 0.123 e. The zero-order chi connectivity index (χ0) is 15.0. The molecule has 0 aromatic carbocycles. The number of halogens is 1. The first kappa shape index (κ1) is 15.2. The summed E-state index contributed by atoms with van der Waals surface area (Å²) < 4.78 is 13.8. The topological polar surface area (TPSA) is 53.6 Å². The first-order chi connectivity index (χ1) is 9.31. The highest BCUT2D eigenvalue weighted by molar-refractivity contribution is 5.79. The molecular formula is C15H25FN4. The van der Waals surface area contributed by atoms with E-state index >= 15 is 0 Å². The monoisotopic (exact) mass is 280 g/mol. The quantitative estimate of drug-likeness (QED) is 0.617. The highest BCUT2D eigenvalue weighted by Gasteiger charge is 2.45. The second-order valence-corrected chi connectivity index (χ2v) is 6.11. The number of amidine groups is 1. The number of rotatable bonds is 3. The fourth-order valence-electron chi connectivity index (χ4n) is 3.11. The van der Waals surface area contributed by atoms with E-state index in [4.69, 9.17) is 5.73 Å². The van der Waals surface area contributed by atoms with Crippen molar-refractivity contribution in [2.45, 2.75) is 59.2 Å². The Morgan fingerprint density at radius 3 is 2.65 bits per heavy atom. The largest absolute Gasteiger partial charge is 0.387 e. The van der Waals surface area contributed by atoms with Gasteiger partial charge in [-0.05, 0) is 45.6 Å². The molecule has 1 saturated heterocycles. The zero-order valence-corrected chi connectivity index (χ0v) is 12.9. The van der Waals surface area contributed by atoms with Crippen LogP contribution in [0.25, 0.3) is 0 Å². The molecule has 3 N–H and O–H groups in total. The lowest BCUT2D eigenvalue weighted by Crippen LogP contribution is -2.73. The molecule has 0 amide bonds. The molecule has 2 rings (SSSR count). The summed E-state index contributed by atoms with van der Waals surface area (Å²) in [6.07, 6.45) is 2.93. The van der Waals surface area contributed by atoms with Crippen molar-refractivity contribution >= 4 is 5.84 Å². The molecule has 0 saturated carbocycles. The second-order valence-electron chi connectivity index (χ2n) is 6.11. The lowest BCUT2D eigenvalue weighted by Gasteiger charge is -2.55. The van der Waals surface area contributed by atoms with Gasteiger partial charge in [0.15, 0.2) is 0 Å². The van der Waals surface area contributed by atoms with E-state index in [1.807, 2.05) is 0 Å². The molecule has 0 spiro atoms. The Labute approximate surface area is 120 Å². The van der Waals surface area contributed by atoms with Crippen LogP contribution < -0.4 is 11.2 Å². The lowest BCUT2D eigenvalue weighted by atomic mass is 9.79. The SMILES string of the molecule is CC(N)=N/C(C1=CC(C)C2NN(C(C)C)C2C1)=C(\C)F. The molecule has 3 unspecified atom stereocenters. The molecule has 0 aromatic rings. The second kappa shape index (κ2) is 5.66. The molecule has 0 radical (unpaired) electrons. The smallest absolute Gasteiger partial charge is 0.123 e. The number of aliphatic imine (C=N–C) groups is 1. The van der Waals surface area contributed by atoms with Crippen LogP contribution in [0.3, 0.4) is 0 Å². The number of hydrogen-bond donors (Lipinski definition) is 2. The minimum absolute atomic E-state index is 0.268. The maximum absolute atomic E-state index is 13.8. The molecule has 1 aliphatic carbocycles. The number of nitrogens with zero attached hydrogens (tertiary/aromatic N) is 2. The van der Waals surface area contributed by atoms with Gasteiger partial charge in [0.2, 0.25) is 0 Å². The molecule has 1 aliphatic heterocycles. The fourth-order valence-corrected chi connectivity index (χ4v) is 3.11. The molecule has 20 heavy (non-hydrogen) atoms. The van der Waals surface area contributed by atoms with Crippen LogP contribution in [0.15, 0.2) is 28.2 Å². The minimum atomic E-state index is -0.268. The molecule has 2 aliphatic rings. The Hall–Kier alpha value is -1.20. The normalized spacial score (nSPS) is 32.5. The van der Waals surface area contributed by atoms with Gasteiger partial charge in [-0.25, -0.2) is 19.8 Å². The minimum Gasteiger partial charge on any atom is -0.387 e. The number of allylic oxidation sites excluding steroid dienone is 2. The third-order valence-electron chi connectivity index (χ3n) is 4.00. The third kappa shape index (κ3) is 2.79. The summed E-state index contributed by atoms with van der Waals surface area (Å²) in [5, 5.41) is 2.25. The van der Waals surface area contributed by atoms with E-state index in [0.717, 1.165) is 12.0 Å². The highest BCUT2D eigenvalue weighted by Crippen LogP contribution is 2.37. The molecule has 3 atom stereocenters. The average Bonchev–Trinajstić information content (AvgIpc) is 2.27. The summed E-state index contributed by atoms with van der Waals surface area (Å²) >= 11 is 0. The van der Waals surface area contributed by atoms with Crippen molar-refractivity contribution in [1.82, 2.24) is 10.4 Å². The van der Waals surface area contributed by atoms with Gasteiger partial charge in [0, 0.05) is 18.1 Å². The van der Waals surface area contributed by atoms with Crippen LogP contribution in [0.2, 0.25) is 0 Å². The highest BCUT2D eigenvalue weighted by atomic mass is 19.1. The molecule has 0 aromatic heterocycles.